The average Bonchev–Trinajstić information content (AvgIpc) is 2.81. The van der Waals surface area contributed by atoms with Gasteiger partial charge in [-0.05, 0) is 54.6 Å². The Morgan fingerprint density at radius 2 is 1.78 bits per heavy atom. The molecule has 2 rings (SSSR count). The molecule has 0 aliphatic rings. The number of aliphatic hydroxyl groups excluding tert-OH is 1. The Hall–Kier alpha value is -2.36. The minimum atomic E-state index is -0.577. The zero-order valence-electron chi connectivity index (χ0n) is 18.2. The van der Waals surface area contributed by atoms with Crippen LogP contribution >= 0.6 is 24.4 Å². The molecule has 0 saturated heterocycles. The Kier molecular flexibility index (Phi) is 11.3. The smallest absolute Gasteiger partial charge is 0.412 e. The first-order valence-electron chi connectivity index (χ1n) is 10.2. The van der Waals surface area contributed by atoms with Crippen molar-refractivity contribution in [2.45, 2.75) is 24.3 Å². The summed E-state index contributed by atoms with van der Waals surface area (Å²) in [5.41, 5.74) is 1.41. The largest absolute Gasteiger partial charge is 0.491 e. The standard InChI is InChI=1S/C23H29NO6S2/c1-16(11-13-29-21(26)15-31)22(17-3-7-19(8-4-17)28-14-12-25)30-23(27)24-18-5-9-20(32-2)10-6-18/h3-10,16,22,25,31H,11-15H2,1-2H3,(H,24,27)/t16-,22+/m1/s1. The molecule has 0 unspecified atom stereocenters. The number of hydrogen-bond donors (Lipinski definition) is 3. The first-order valence-corrected chi connectivity index (χ1v) is 12.0. The Morgan fingerprint density at radius 1 is 1.09 bits per heavy atom. The van der Waals surface area contributed by atoms with Gasteiger partial charge in [0.1, 0.15) is 18.5 Å². The molecule has 0 fully saturated rings. The molecular weight excluding hydrogens is 450 g/mol. The maximum absolute atomic E-state index is 12.6. The number of amides is 1. The van der Waals surface area contributed by atoms with Crippen LogP contribution in [0.15, 0.2) is 53.4 Å². The van der Waals surface area contributed by atoms with Gasteiger partial charge in [0.25, 0.3) is 0 Å². The molecule has 9 heteroatoms. The molecule has 32 heavy (non-hydrogen) atoms. The van der Waals surface area contributed by atoms with Gasteiger partial charge < -0.3 is 19.3 Å². The lowest BCUT2D eigenvalue weighted by Gasteiger charge is -2.25. The molecule has 2 atom stereocenters. The quantitative estimate of drug-likeness (QED) is 0.233. The van der Waals surface area contributed by atoms with E-state index < -0.39 is 18.2 Å². The fraction of sp³-hybridized carbons (Fsp3) is 0.391. The molecule has 0 heterocycles. The van der Waals surface area contributed by atoms with E-state index in [0.29, 0.717) is 17.9 Å². The summed E-state index contributed by atoms with van der Waals surface area (Å²) in [6.45, 7) is 2.25. The van der Waals surface area contributed by atoms with Crippen LogP contribution in [0.1, 0.15) is 25.0 Å². The lowest BCUT2D eigenvalue weighted by atomic mass is 9.94. The first-order chi connectivity index (χ1) is 15.5. The number of benzene rings is 2. The van der Waals surface area contributed by atoms with Crippen molar-refractivity contribution in [2.24, 2.45) is 5.92 Å². The van der Waals surface area contributed by atoms with Gasteiger partial charge >= 0.3 is 12.1 Å². The molecule has 0 aliphatic carbocycles. The van der Waals surface area contributed by atoms with Crippen molar-refractivity contribution in [1.29, 1.82) is 0 Å². The van der Waals surface area contributed by atoms with Crippen molar-refractivity contribution in [1.82, 2.24) is 0 Å². The van der Waals surface area contributed by atoms with E-state index in [0.717, 1.165) is 10.5 Å². The lowest BCUT2D eigenvalue weighted by Crippen LogP contribution is -2.23. The second kappa shape index (κ2) is 13.9. The number of nitrogens with one attached hydrogen (secondary N) is 1. The van der Waals surface area contributed by atoms with Gasteiger partial charge in [-0.2, -0.15) is 12.6 Å². The van der Waals surface area contributed by atoms with Gasteiger partial charge in [-0.15, -0.1) is 11.8 Å². The number of carbonyl (C=O) groups excluding carboxylic acids is 2. The topological polar surface area (TPSA) is 94.1 Å². The number of hydrogen-bond acceptors (Lipinski definition) is 8. The van der Waals surface area contributed by atoms with Crippen molar-refractivity contribution in [3.63, 3.8) is 0 Å². The zero-order valence-corrected chi connectivity index (χ0v) is 19.9. The maximum atomic E-state index is 12.6. The Labute approximate surface area is 198 Å². The van der Waals surface area contributed by atoms with Gasteiger partial charge in [-0.25, -0.2) is 4.79 Å². The summed E-state index contributed by atoms with van der Waals surface area (Å²) in [5, 5.41) is 11.7. The van der Waals surface area contributed by atoms with Crippen LogP contribution in [0.4, 0.5) is 10.5 Å². The first kappa shape index (κ1) is 25.9. The summed E-state index contributed by atoms with van der Waals surface area (Å²) in [4.78, 5) is 25.1. The third-order valence-corrected chi connectivity index (χ3v) is 5.62. The second-order valence-corrected chi connectivity index (χ2v) is 8.16. The van der Waals surface area contributed by atoms with E-state index in [4.69, 9.17) is 19.3 Å². The van der Waals surface area contributed by atoms with Gasteiger partial charge in [-0.1, -0.05) is 19.1 Å². The van der Waals surface area contributed by atoms with Crippen molar-refractivity contribution in [2.75, 3.05) is 37.1 Å². The predicted molar refractivity (Wildman–Crippen MR) is 129 cm³/mol. The zero-order chi connectivity index (χ0) is 23.3. The van der Waals surface area contributed by atoms with E-state index >= 15 is 0 Å². The predicted octanol–water partition coefficient (Wildman–Crippen LogP) is 4.57. The van der Waals surface area contributed by atoms with Crippen molar-refractivity contribution < 1.29 is 28.9 Å². The van der Waals surface area contributed by atoms with E-state index in [9.17, 15) is 9.59 Å². The van der Waals surface area contributed by atoms with Gasteiger partial charge in [0.2, 0.25) is 0 Å². The summed E-state index contributed by atoms with van der Waals surface area (Å²) in [6.07, 6.45) is 1.34. The van der Waals surface area contributed by atoms with Crippen LogP contribution in [0, 0.1) is 5.92 Å². The Morgan fingerprint density at radius 3 is 2.38 bits per heavy atom. The number of aliphatic hydroxyl groups is 1. The highest BCUT2D eigenvalue weighted by Crippen LogP contribution is 2.30. The third-order valence-electron chi connectivity index (χ3n) is 4.62. The fourth-order valence-electron chi connectivity index (χ4n) is 2.92. The van der Waals surface area contributed by atoms with E-state index in [1.54, 1.807) is 23.9 Å². The van der Waals surface area contributed by atoms with Gasteiger partial charge in [0.15, 0.2) is 0 Å². The molecule has 0 radical (unpaired) electrons. The van der Waals surface area contributed by atoms with Gasteiger partial charge in [0.05, 0.1) is 19.0 Å². The molecule has 7 nitrogen and oxygen atoms in total. The van der Waals surface area contributed by atoms with Crippen LogP contribution in [0.2, 0.25) is 0 Å². The highest BCUT2D eigenvalue weighted by atomic mass is 32.2. The highest BCUT2D eigenvalue weighted by Gasteiger charge is 2.24. The van der Waals surface area contributed by atoms with Gasteiger partial charge in [-0.3, -0.25) is 10.1 Å². The molecule has 2 N–H and O–H groups in total. The van der Waals surface area contributed by atoms with Crippen LogP contribution in [0.3, 0.4) is 0 Å². The molecule has 0 saturated carbocycles. The molecule has 174 valence electrons. The average molecular weight is 480 g/mol. The molecule has 0 bridgehead atoms. The number of thiol groups is 1. The Bertz CT molecular complexity index is 845. The summed E-state index contributed by atoms with van der Waals surface area (Å²) >= 11 is 5.51. The van der Waals surface area contributed by atoms with Crippen LogP contribution in [0.5, 0.6) is 5.75 Å². The van der Waals surface area contributed by atoms with Crippen molar-refractivity contribution >= 4 is 42.1 Å². The molecular formula is C23H29NO6S2. The van der Waals surface area contributed by atoms with Crippen LogP contribution < -0.4 is 10.1 Å². The highest BCUT2D eigenvalue weighted by molar-refractivity contribution is 7.98. The van der Waals surface area contributed by atoms with Crippen LogP contribution in [-0.2, 0) is 14.3 Å². The Balaban J connectivity index is 2.09. The molecule has 0 aromatic heterocycles. The lowest BCUT2D eigenvalue weighted by molar-refractivity contribution is -0.141. The van der Waals surface area contributed by atoms with Crippen LogP contribution in [-0.4, -0.2) is 49.0 Å². The molecule has 2 aromatic carbocycles. The number of carbonyl (C=O) groups is 2. The summed E-state index contributed by atoms with van der Waals surface area (Å²) in [6, 6.07) is 14.6. The molecule has 1 amide bonds. The monoisotopic (exact) mass is 479 g/mol. The normalized spacial score (nSPS) is 12.5. The van der Waals surface area contributed by atoms with Crippen molar-refractivity contribution in [3.8, 4) is 5.75 Å². The van der Waals surface area contributed by atoms with E-state index in [-0.39, 0.29) is 31.5 Å². The molecule has 2 aromatic rings. The van der Waals surface area contributed by atoms with Crippen molar-refractivity contribution in [3.05, 3.63) is 54.1 Å². The second-order valence-electron chi connectivity index (χ2n) is 6.97. The SMILES string of the molecule is CSc1ccc(NC(=O)O[C@H](c2ccc(OCCO)cc2)[C@H](C)CCOC(=O)CS)cc1. The molecule has 0 spiro atoms. The minimum absolute atomic E-state index is 0.0152. The fourth-order valence-corrected chi connectivity index (χ4v) is 3.42. The van der Waals surface area contributed by atoms with Gasteiger partial charge in [0, 0.05) is 16.5 Å². The number of anilines is 1. The van der Waals surface area contributed by atoms with E-state index in [1.165, 1.54) is 0 Å². The van der Waals surface area contributed by atoms with Crippen LogP contribution in [0.25, 0.3) is 0 Å². The van der Waals surface area contributed by atoms with E-state index in [1.807, 2.05) is 49.6 Å². The number of ether oxygens (including phenoxy) is 3. The summed E-state index contributed by atoms with van der Waals surface area (Å²) in [5.74, 6) is 0.100. The number of esters is 1. The third kappa shape index (κ3) is 8.64. The summed E-state index contributed by atoms with van der Waals surface area (Å²) < 4.78 is 16.3. The number of rotatable bonds is 12. The van der Waals surface area contributed by atoms with E-state index in [2.05, 4.69) is 17.9 Å². The number of thioether (sulfide) groups is 1. The molecule has 0 aliphatic heterocycles. The maximum Gasteiger partial charge on any atom is 0.412 e. The minimum Gasteiger partial charge on any atom is -0.491 e. The summed E-state index contributed by atoms with van der Waals surface area (Å²) in [7, 11) is 0.